The van der Waals surface area contributed by atoms with Crippen molar-refractivity contribution in [3.05, 3.63) is 52.5 Å². The van der Waals surface area contributed by atoms with Crippen molar-refractivity contribution in [2.24, 2.45) is 0 Å². The Morgan fingerprint density at radius 2 is 2.00 bits per heavy atom. The molecular formula is C18H17Cl2N3O3. The van der Waals surface area contributed by atoms with Crippen LogP contribution in [-0.4, -0.2) is 43.6 Å². The molecule has 2 aromatic carbocycles. The van der Waals surface area contributed by atoms with E-state index in [1.807, 2.05) is 6.07 Å². The van der Waals surface area contributed by atoms with Crippen molar-refractivity contribution in [1.29, 1.82) is 0 Å². The molecule has 6 nitrogen and oxygen atoms in total. The fraction of sp³-hybridized carbons (Fsp3) is 0.222. The summed E-state index contributed by atoms with van der Waals surface area (Å²) in [5.74, 6) is 0.226. The molecule has 136 valence electrons. The highest BCUT2D eigenvalue weighted by Gasteiger charge is 2.30. The van der Waals surface area contributed by atoms with Crippen molar-refractivity contribution in [3.63, 3.8) is 0 Å². The van der Waals surface area contributed by atoms with Gasteiger partial charge < -0.3 is 15.0 Å². The summed E-state index contributed by atoms with van der Waals surface area (Å²) in [6.45, 7) is 0.919. The number of ether oxygens (including phenoxy) is 1. The van der Waals surface area contributed by atoms with Gasteiger partial charge in [-0.3, -0.25) is 9.69 Å². The van der Waals surface area contributed by atoms with Crippen molar-refractivity contribution >= 4 is 46.5 Å². The standard InChI is InChI=1S/C18H17Cl2N3O3/c1-26-16-6-5-13(10-15(16)20)21-17(24)11-22-7-8-23(18(22)25)14-4-2-3-12(19)9-14/h2-6,9-10H,7-8,11H2,1H3,(H,21,24). The van der Waals surface area contributed by atoms with Crippen LogP contribution in [0.15, 0.2) is 42.5 Å². The summed E-state index contributed by atoms with van der Waals surface area (Å²) < 4.78 is 5.08. The lowest BCUT2D eigenvalue weighted by Gasteiger charge is -2.18. The third kappa shape index (κ3) is 4.03. The fourth-order valence-electron chi connectivity index (χ4n) is 2.73. The molecule has 0 spiro atoms. The minimum absolute atomic E-state index is 0.0421. The topological polar surface area (TPSA) is 61.9 Å². The Labute approximate surface area is 161 Å². The first-order valence-electron chi connectivity index (χ1n) is 7.93. The van der Waals surface area contributed by atoms with Crippen LogP contribution in [0.3, 0.4) is 0 Å². The average molecular weight is 394 g/mol. The van der Waals surface area contributed by atoms with Gasteiger partial charge in [0, 0.05) is 29.5 Å². The number of amides is 3. The van der Waals surface area contributed by atoms with Gasteiger partial charge in [-0.15, -0.1) is 0 Å². The summed E-state index contributed by atoms with van der Waals surface area (Å²) in [6.07, 6.45) is 0. The van der Waals surface area contributed by atoms with Gasteiger partial charge in [-0.2, -0.15) is 0 Å². The molecular weight excluding hydrogens is 377 g/mol. The van der Waals surface area contributed by atoms with E-state index in [2.05, 4.69) is 5.32 Å². The Kier molecular flexibility index (Phi) is 5.54. The first-order chi connectivity index (χ1) is 12.5. The zero-order chi connectivity index (χ0) is 18.7. The van der Waals surface area contributed by atoms with E-state index >= 15 is 0 Å². The van der Waals surface area contributed by atoms with Crippen LogP contribution in [0, 0.1) is 0 Å². The molecule has 0 atom stereocenters. The third-order valence-electron chi connectivity index (χ3n) is 3.98. The van der Waals surface area contributed by atoms with Crippen LogP contribution in [0.1, 0.15) is 0 Å². The van der Waals surface area contributed by atoms with Crippen LogP contribution in [0.2, 0.25) is 10.0 Å². The molecule has 0 aliphatic carbocycles. The van der Waals surface area contributed by atoms with E-state index in [9.17, 15) is 9.59 Å². The number of hydrogen-bond acceptors (Lipinski definition) is 3. The molecule has 0 radical (unpaired) electrons. The second-order valence-electron chi connectivity index (χ2n) is 5.73. The molecule has 0 aromatic heterocycles. The zero-order valence-electron chi connectivity index (χ0n) is 14.0. The second kappa shape index (κ2) is 7.85. The SMILES string of the molecule is COc1ccc(NC(=O)CN2CCN(c3cccc(Cl)c3)C2=O)cc1Cl. The van der Waals surface area contributed by atoms with Gasteiger partial charge in [-0.05, 0) is 36.4 Å². The predicted octanol–water partition coefficient (Wildman–Crippen LogP) is 3.88. The molecule has 1 aliphatic rings. The number of carbonyl (C=O) groups is 2. The predicted molar refractivity (Wildman–Crippen MR) is 102 cm³/mol. The second-order valence-corrected chi connectivity index (χ2v) is 6.58. The van der Waals surface area contributed by atoms with Gasteiger partial charge >= 0.3 is 6.03 Å². The van der Waals surface area contributed by atoms with E-state index in [1.54, 1.807) is 41.3 Å². The molecule has 3 amide bonds. The Bertz CT molecular complexity index is 844. The molecule has 1 aliphatic heterocycles. The van der Waals surface area contributed by atoms with Gasteiger partial charge in [0.05, 0.1) is 12.1 Å². The van der Waals surface area contributed by atoms with Crippen LogP contribution < -0.4 is 15.0 Å². The minimum Gasteiger partial charge on any atom is -0.495 e. The lowest BCUT2D eigenvalue weighted by atomic mass is 10.3. The Hall–Kier alpha value is -2.44. The number of methoxy groups -OCH3 is 1. The maximum atomic E-state index is 12.5. The summed E-state index contributed by atoms with van der Waals surface area (Å²) in [6, 6.07) is 11.8. The molecule has 1 heterocycles. The largest absolute Gasteiger partial charge is 0.495 e. The first kappa shape index (κ1) is 18.4. The van der Waals surface area contributed by atoms with Crippen LogP contribution in [0.4, 0.5) is 16.2 Å². The monoisotopic (exact) mass is 393 g/mol. The first-order valence-corrected chi connectivity index (χ1v) is 8.69. The molecule has 0 saturated carbocycles. The molecule has 1 N–H and O–H groups in total. The Morgan fingerprint density at radius 3 is 2.69 bits per heavy atom. The van der Waals surface area contributed by atoms with E-state index in [1.165, 1.54) is 12.0 Å². The molecule has 1 fully saturated rings. The van der Waals surface area contributed by atoms with Crippen molar-refractivity contribution in [1.82, 2.24) is 4.90 Å². The van der Waals surface area contributed by atoms with E-state index < -0.39 is 0 Å². The summed E-state index contributed by atoms with van der Waals surface area (Å²) in [4.78, 5) is 27.9. The molecule has 0 unspecified atom stereocenters. The van der Waals surface area contributed by atoms with E-state index in [4.69, 9.17) is 27.9 Å². The Balaban J connectivity index is 1.61. The molecule has 26 heavy (non-hydrogen) atoms. The van der Waals surface area contributed by atoms with Crippen LogP contribution >= 0.6 is 23.2 Å². The Morgan fingerprint density at radius 1 is 1.19 bits per heavy atom. The number of halogens is 2. The minimum atomic E-state index is -0.299. The van der Waals surface area contributed by atoms with Gasteiger partial charge in [0.1, 0.15) is 12.3 Å². The lowest BCUT2D eigenvalue weighted by molar-refractivity contribution is -0.116. The number of carbonyl (C=O) groups excluding carboxylic acids is 2. The maximum absolute atomic E-state index is 12.5. The molecule has 3 rings (SSSR count). The van der Waals surface area contributed by atoms with Crippen molar-refractivity contribution in [2.75, 3.05) is 37.0 Å². The summed E-state index contributed by atoms with van der Waals surface area (Å²) in [5.41, 5.74) is 1.26. The quantitative estimate of drug-likeness (QED) is 0.837. The summed E-state index contributed by atoms with van der Waals surface area (Å²) >= 11 is 12.0. The smallest absolute Gasteiger partial charge is 0.325 e. The van der Waals surface area contributed by atoms with Crippen molar-refractivity contribution < 1.29 is 14.3 Å². The fourth-order valence-corrected chi connectivity index (χ4v) is 3.17. The van der Waals surface area contributed by atoms with Crippen molar-refractivity contribution in [2.45, 2.75) is 0 Å². The number of rotatable bonds is 5. The van der Waals surface area contributed by atoms with Crippen LogP contribution in [0.5, 0.6) is 5.75 Å². The summed E-state index contributed by atoms with van der Waals surface area (Å²) in [5, 5.41) is 3.69. The van der Waals surface area contributed by atoms with E-state index in [0.717, 1.165) is 0 Å². The maximum Gasteiger partial charge on any atom is 0.325 e. The number of nitrogens with zero attached hydrogens (tertiary/aromatic N) is 2. The van der Waals surface area contributed by atoms with E-state index in [-0.39, 0.29) is 18.5 Å². The molecule has 0 bridgehead atoms. The molecule has 2 aromatic rings. The molecule has 1 saturated heterocycles. The summed E-state index contributed by atoms with van der Waals surface area (Å²) in [7, 11) is 1.52. The highest BCUT2D eigenvalue weighted by atomic mass is 35.5. The van der Waals surface area contributed by atoms with E-state index in [0.29, 0.717) is 40.3 Å². The number of anilines is 2. The van der Waals surface area contributed by atoms with Crippen LogP contribution in [-0.2, 0) is 4.79 Å². The van der Waals surface area contributed by atoms with Crippen molar-refractivity contribution in [3.8, 4) is 5.75 Å². The number of benzene rings is 2. The van der Waals surface area contributed by atoms with Gasteiger partial charge in [-0.1, -0.05) is 29.3 Å². The normalized spacial score (nSPS) is 13.9. The number of hydrogen-bond donors (Lipinski definition) is 1. The lowest BCUT2D eigenvalue weighted by Crippen LogP contribution is -2.37. The highest BCUT2D eigenvalue weighted by Crippen LogP contribution is 2.27. The van der Waals surface area contributed by atoms with Gasteiger partial charge in [0.2, 0.25) is 5.91 Å². The molecule has 8 heteroatoms. The van der Waals surface area contributed by atoms with Crippen LogP contribution in [0.25, 0.3) is 0 Å². The number of nitrogens with one attached hydrogen (secondary N) is 1. The van der Waals surface area contributed by atoms with Gasteiger partial charge in [-0.25, -0.2) is 4.79 Å². The third-order valence-corrected chi connectivity index (χ3v) is 4.52. The zero-order valence-corrected chi connectivity index (χ0v) is 15.5. The van der Waals surface area contributed by atoms with Gasteiger partial charge in [0.15, 0.2) is 0 Å². The van der Waals surface area contributed by atoms with Gasteiger partial charge in [0.25, 0.3) is 0 Å². The highest BCUT2D eigenvalue weighted by molar-refractivity contribution is 6.32. The number of urea groups is 1. The average Bonchev–Trinajstić information content (AvgIpc) is 2.95.